The van der Waals surface area contributed by atoms with Crippen LogP contribution in [0.15, 0.2) is 18.2 Å². The molecule has 0 amide bonds. The third-order valence-corrected chi connectivity index (χ3v) is 4.53. The Balaban J connectivity index is 1.77. The summed E-state index contributed by atoms with van der Waals surface area (Å²) in [6.45, 7) is 2.41. The molecule has 4 heteroatoms. The highest BCUT2D eigenvalue weighted by Gasteiger charge is 2.35. The Labute approximate surface area is 119 Å². The van der Waals surface area contributed by atoms with Crippen LogP contribution in [-0.2, 0) is 0 Å². The van der Waals surface area contributed by atoms with Crippen molar-refractivity contribution in [3.05, 3.63) is 28.8 Å². The molecule has 3 nitrogen and oxygen atoms in total. The molecule has 2 saturated heterocycles. The van der Waals surface area contributed by atoms with Crippen molar-refractivity contribution in [2.45, 2.75) is 37.8 Å². The molecule has 2 aliphatic heterocycles. The van der Waals surface area contributed by atoms with Crippen LogP contribution in [0.1, 0.15) is 31.2 Å². The highest BCUT2D eigenvalue weighted by Crippen LogP contribution is 2.30. The van der Waals surface area contributed by atoms with E-state index in [0.717, 1.165) is 12.1 Å². The van der Waals surface area contributed by atoms with Gasteiger partial charge in [-0.3, -0.25) is 4.90 Å². The fourth-order valence-corrected chi connectivity index (χ4v) is 3.52. The lowest BCUT2D eigenvalue weighted by Crippen LogP contribution is -2.41. The summed E-state index contributed by atoms with van der Waals surface area (Å²) >= 11 is 5.94. The normalized spacial score (nSPS) is 26.7. The Kier molecular flexibility index (Phi) is 3.63. The summed E-state index contributed by atoms with van der Waals surface area (Å²) < 4.78 is 0. The zero-order valence-electron chi connectivity index (χ0n) is 10.9. The second-order valence-electron chi connectivity index (χ2n) is 5.44. The molecular weight excluding hydrogens is 258 g/mol. The van der Waals surface area contributed by atoms with Gasteiger partial charge < -0.3 is 5.32 Å². The van der Waals surface area contributed by atoms with Gasteiger partial charge in [0, 0.05) is 23.7 Å². The Morgan fingerprint density at radius 1 is 1.26 bits per heavy atom. The molecule has 0 saturated carbocycles. The zero-order chi connectivity index (χ0) is 13.2. The van der Waals surface area contributed by atoms with Crippen LogP contribution in [0.25, 0.3) is 0 Å². The molecule has 2 atom stereocenters. The van der Waals surface area contributed by atoms with E-state index in [1.54, 1.807) is 6.07 Å². The highest BCUT2D eigenvalue weighted by molar-refractivity contribution is 6.30. The minimum Gasteiger partial charge on any atom is -0.380 e. The van der Waals surface area contributed by atoms with Crippen molar-refractivity contribution in [2.24, 2.45) is 0 Å². The van der Waals surface area contributed by atoms with E-state index in [4.69, 9.17) is 11.6 Å². The third kappa shape index (κ3) is 2.56. The topological polar surface area (TPSA) is 39.1 Å². The van der Waals surface area contributed by atoms with E-state index in [2.05, 4.69) is 16.3 Å². The van der Waals surface area contributed by atoms with E-state index in [-0.39, 0.29) is 0 Å². The Morgan fingerprint density at radius 2 is 2.16 bits per heavy atom. The lowest BCUT2D eigenvalue weighted by Gasteiger charge is -2.33. The van der Waals surface area contributed by atoms with Crippen LogP contribution in [0.3, 0.4) is 0 Å². The SMILES string of the molecule is N#Cc1cc(Cl)ccc1NC1CCN2CCCCC12. The van der Waals surface area contributed by atoms with Crippen LogP contribution in [0, 0.1) is 11.3 Å². The van der Waals surface area contributed by atoms with E-state index in [1.165, 1.54) is 32.4 Å². The van der Waals surface area contributed by atoms with Crippen molar-refractivity contribution < 1.29 is 0 Å². The van der Waals surface area contributed by atoms with Crippen molar-refractivity contribution in [3.63, 3.8) is 0 Å². The smallest absolute Gasteiger partial charge is 0.101 e. The first-order chi connectivity index (χ1) is 9.28. The first-order valence-corrected chi connectivity index (χ1v) is 7.36. The number of halogens is 1. The van der Waals surface area contributed by atoms with Crippen LogP contribution >= 0.6 is 11.6 Å². The predicted molar refractivity (Wildman–Crippen MR) is 77.4 cm³/mol. The number of hydrogen-bond donors (Lipinski definition) is 1. The fraction of sp³-hybridized carbons (Fsp3) is 0.533. The average molecular weight is 276 g/mol. The van der Waals surface area contributed by atoms with Gasteiger partial charge in [-0.05, 0) is 44.0 Å². The summed E-state index contributed by atoms with van der Waals surface area (Å²) in [4.78, 5) is 2.59. The molecule has 2 fully saturated rings. The van der Waals surface area contributed by atoms with Crippen molar-refractivity contribution >= 4 is 17.3 Å². The molecular formula is C15H18ClN3. The van der Waals surface area contributed by atoms with E-state index < -0.39 is 0 Å². The van der Waals surface area contributed by atoms with Crippen LogP contribution in [0.2, 0.25) is 5.02 Å². The Hall–Kier alpha value is -1.24. The maximum atomic E-state index is 9.19. The number of fused-ring (bicyclic) bond motifs is 1. The average Bonchev–Trinajstić information content (AvgIpc) is 2.84. The molecule has 1 aromatic rings. The highest BCUT2D eigenvalue weighted by atomic mass is 35.5. The number of piperidine rings is 1. The lowest BCUT2D eigenvalue weighted by molar-refractivity contribution is 0.193. The van der Waals surface area contributed by atoms with E-state index in [1.807, 2.05) is 12.1 Å². The van der Waals surface area contributed by atoms with Crippen molar-refractivity contribution in [1.82, 2.24) is 4.90 Å². The van der Waals surface area contributed by atoms with Gasteiger partial charge in [-0.25, -0.2) is 0 Å². The molecule has 2 aliphatic rings. The number of hydrogen-bond acceptors (Lipinski definition) is 3. The van der Waals surface area contributed by atoms with Gasteiger partial charge in [0.25, 0.3) is 0 Å². The van der Waals surface area contributed by atoms with Gasteiger partial charge in [0.15, 0.2) is 0 Å². The standard InChI is InChI=1S/C15H18ClN3/c16-12-4-5-13(11(9-12)10-17)18-14-6-8-19-7-2-1-3-15(14)19/h4-5,9,14-15,18H,1-3,6-8H2. The van der Waals surface area contributed by atoms with Gasteiger partial charge in [0.1, 0.15) is 6.07 Å². The maximum absolute atomic E-state index is 9.19. The monoisotopic (exact) mass is 275 g/mol. The fourth-order valence-electron chi connectivity index (χ4n) is 3.35. The number of nitriles is 1. The Morgan fingerprint density at radius 3 is 3.00 bits per heavy atom. The van der Waals surface area contributed by atoms with Crippen molar-refractivity contribution in [1.29, 1.82) is 5.26 Å². The first-order valence-electron chi connectivity index (χ1n) is 6.98. The molecule has 1 aromatic carbocycles. The van der Waals surface area contributed by atoms with Crippen LogP contribution in [0.4, 0.5) is 5.69 Å². The minimum atomic E-state index is 0.466. The number of nitrogens with zero attached hydrogens (tertiary/aromatic N) is 2. The maximum Gasteiger partial charge on any atom is 0.101 e. The lowest BCUT2D eigenvalue weighted by atomic mass is 9.98. The molecule has 1 N–H and O–H groups in total. The van der Waals surface area contributed by atoms with Gasteiger partial charge >= 0.3 is 0 Å². The summed E-state index contributed by atoms with van der Waals surface area (Å²) in [5.41, 5.74) is 1.56. The summed E-state index contributed by atoms with van der Waals surface area (Å²) in [7, 11) is 0. The zero-order valence-corrected chi connectivity index (χ0v) is 11.7. The summed E-state index contributed by atoms with van der Waals surface area (Å²) in [6.07, 6.45) is 5.09. The van der Waals surface area contributed by atoms with Crippen LogP contribution < -0.4 is 5.32 Å². The molecule has 0 aromatic heterocycles. The summed E-state index contributed by atoms with van der Waals surface area (Å²) in [5.74, 6) is 0. The van der Waals surface area contributed by atoms with Crippen LogP contribution in [-0.4, -0.2) is 30.1 Å². The molecule has 0 aliphatic carbocycles. The second kappa shape index (κ2) is 5.40. The van der Waals surface area contributed by atoms with E-state index in [0.29, 0.717) is 22.7 Å². The number of nitrogens with one attached hydrogen (secondary N) is 1. The number of benzene rings is 1. The largest absolute Gasteiger partial charge is 0.380 e. The molecule has 3 rings (SSSR count). The van der Waals surface area contributed by atoms with Gasteiger partial charge in [0.05, 0.1) is 11.3 Å². The first kappa shape index (κ1) is 12.8. The Bertz CT molecular complexity index is 509. The van der Waals surface area contributed by atoms with E-state index in [9.17, 15) is 5.26 Å². The molecule has 2 heterocycles. The van der Waals surface area contributed by atoms with Gasteiger partial charge in [-0.1, -0.05) is 18.0 Å². The summed E-state index contributed by atoms with van der Waals surface area (Å²) in [5, 5.41) is 13.4. The molecule has 0 spiro atoms. The van der Waals surface area contributed by atoms with Gasteiger partial charge in [-0.2, -0.15) is 5.26 Å². The molecule has 0 bridgehead atoms. The van der Waals surface area contributed by atoms with Crippen molar-refractivity contribution in [3.8, 4) is 6.07 Å². The third-order valence-electron chi connectivity index (χ3n) is 4.30. The van der Waals surface area contributed by atoms with Gasteiger partial charge in [0.2, 0.25) is 0 Å². The molecule has 0 radical (unpaired) electrons. The minimum absolute atomic E-state index is 0.466. The van der Waals surface area contributed by atoms with E-state index >= 15 is 0 Å². The predicted octanol–water partition coefficient (Wildman–Crippen LogP) is 3.25. The van der Waals surface area contributed by atoms with Crippen molar-refractivity contribution in [2.75, 3.05) is 18.4 Å². The van der Waals surface area contributed by atoms with Crippen LogP contribution in [0.5, 0.6) is 0 Å². The molecule has 2 unspecified atom stereocenters. The quantitative estimate of drug-likeness (QED) is 0.900. The molecule has 19 heavy (non-hydrogen) atoms. The second-order valence-corrected chi connectivity index (χ2v) is 5.88. The molecule has 100 valence electrons. The summed E-state index contributed by atoms with van der Waals surface area (Å²) in [6, 6.07) is 8.83. The number of rotatable bonds is 2. The van der Waals surface area contributed by atoms with Gasteiger partial charge in [-0.15, -0.1) is 0 Å². The number of anilines is 1.